The van der Waals surface area contributed by atoms with E-state index >= 15 is 0 Å². The van der Waals surface area contributed by atoms with Gasteiger partial charge in [-0.1, -0.05) is 6.07 Å². The molecule has 4 aromatic rings. The maximum Gasteiger partial charge on any atom is 0.261 e. The summed E-state index contributed by atoms with van der Waals surface area (Å²) in [6.45, 7) is 3.37. The molecule has 0 saturated carbocycles. The standard InChI is InChI=1S/C24H20FN5O2S/c1-29-5-7-30(8-6-29)18-10-13-2-3-14(25)11-16(13)21(27-18)20-19(22(31)28-23(20)32)17-12-26-24-15(17)4-9-33-24/h2-4,9-12,26H,5-8H2,1H3,(H,28,31,32). The van der Waals surface area contributed by atoms with Crippen LogP contribution in [-0.4, -0.2) is 59.9 Å². The summed E-state index contributed by atoms with van der Waals surface area (Å²) >= 11 is 1.52. The number of pyridine rings is 1. The smallest absolute Gasteiger partial charge is 0.261 e. The predicted molar refractivity (Wildman–Crippen MR) is 128 cm³/mol. The lowest BCUT2D eigenvalue weighted by Crippen LogP contribution is -2.44. The van der Waals surface area contributed by atoms with E-state index < -0.39 is 17.6 Å². The molecular formula is C24H20FN5O2S. The van der Waals surface area contributed by atoms with Crippen LogP contribution in [0.3, 0.4) is 0 Å². The molecule has 166 valence electrons. The largest absolute Gasteiger partial charge is 0.354 e. The number of anilines is 1. The number of hydrogen-bond acceptors (Lipinski definition) is 6. The van der Waals surface area contributed by atoms with Crippen molar-refractivity contribution in [2.75, 3.05) is 38.1 Å². The molecule has 2 N–H and O–H groups in total. The number of rotatable bonds is 3. The number of nitrogens with one attached hydrogen (secondary N) is 2. The first-order valence-electron chi connectivity index (χ1n) is 10.7. The van der Waals surface area contributed by atoms with Crippen LogP contribution in [0.4, 0.5) is 10.2 Å². The number of carbonyl (C=O) groups is 2. The molecule has 0 radical (unpaired) electrons. The van der Waals surface area contributed by atoms with Crippen molar-refractivity contribution in [3.63, 3.8) is 0 Å². The van der Waals surface area contributed by atoms with Crippen molar-refractivity contribution in [2.45, 2.75) is 0 Å². The molecule has 0 bridgehead atoms. The van der Waals surface area contributed by atoms with Crippen molar-refractivity contribution in [3.8, 4) is 0 Å². The van der Waals surface area contributed by atoms with Crippen LogP contribution < -0.4 is 10.2 Å². The summed E-state index contributed by atoms with van der Waals surface area (Å²) in [5, 5.41) is 6.49. The number of imide groups is 1. The van der Waals surface area contributed by atoms with Gasteiger partial charge in [0.1, 0.15) is 16.5 Å². The van der Waals surface area contributed by atoms with Crippen LogP contribution in [0.1, 0.15) is 11.3 Å². The summed E-state index contributed by atoms with van der Waals surface area (Å²) < 4.78 is 14.3. The van der Waals surface area contributed by atoms with E-state index in [4.69, 9.17) is 4.98 Å². The quantitative estimate of drug-likeness (QED) is 0.458. The summed E-state index contributed by atoms with van der Waals surface area (Å²) in [7, 11) is 2.08. The molecule has 1 saturated heterocycles. The maximum atomic E-state index is 14.3. The lowest BCUT2D eigenvalue weighted by atomic mass is 9.96. The van der Waals surface area contributed by atoms with Crippen molar-refractivity contribution in [2.24, 2.45) is 0 Å². The molecule has 2 amide bonds. The average Bonchev–Trinajstić information content (AvgIpc) is 3.48. The zero-order valence-electron chi connectivity index (χ0n) is 17.8. The monoisotopic (exact) mass is 461 g/mol. The summed E-state index contributed by atoms with van der Waals surface area (Å²) in [6.07, 6.45) is 1.74. The second kappa shape index (κ2) is 7.50. The van der Waals surface area contributed by atoms with Gasteiger partial charge < -0.3 is 14.8 Å². The number of nitrogens with zero attached hydrogens (tertiary/aromatic N) is 3. The maximum absolute atomic E-state index is 14.3. The average molecular weight is 462 g/mol. The molecule has 1 fully saturated rings. The van der Waals surface area contributed by atoms with Gasteiger partial charge >= 0.3 is 0 Å². The summed E-state index contributed by atoms with van der Waals surface area (Å²) in [6, 6.07) is 8.31. The van der Waals surface area contributed by atoms with Gasteiger partial charge in [-0.3, -0.25) is 14.9 Å². The molecule has 2 aliphatic rings. The number of benzene rings is 1. The predicted octanol–water partition coefficient (Wildman–Crippen LogP) is 3.24. The molecule has 6 rings (SSSR count). The second-order valence-corrected chi connectivity index (χ2v) is 9.30. The van der Waals surface area contributed by atoms with Crippen molar-refractivity contribution in [1.29, 1.82) is 0 Å². The van der Waals surface area contributed by atoms with Crippen LogP contribution in [0.25, 0.3) is 32.1 Å². The SMILES string of the molecule is CN1CCN(c2cc3ccc(F)cc3c(C3=C(c4c[nH]c5sccc45)C(=O)NC3=O)n2)CC1. The minimum absolute atomic E-state index is 0.179. The molecule has 9 heteroatoms. The Morgan fingerprint density at radius 1 is 1.00 bits per heavy atom. The Morgan fingerprint density at radius 3 is 2.61 bits per heavy atom. The molecular weight excluding hydrogens is 441 g/mol. The first-order valence-corrected chi connectivity index (χ1v) is 11.6. The number of fused-ring (bicyclic) bond motifs is 2. The Hall–Kier alpha value is -3.56. The fourth-order valence-electron chi connectivity index (χ4n) is 4.59. The zero-order chi connectivity index (χ0) is 22.7. The molecule has 0 spiro atoms. The number of hydrogen-bond donors (Lipinski definition) is 2. The minimum Gasteiger partial charge on any atom is -0.354 e. The van der Waals surface area contributed by atoms with Gasteiger partial charge in [-0.2, -0.15) is 0 Å². The number of halogens is 1. The van der Waals surface area contributed by atoms with Crippen LogP contribution in [0.15, 0.2) is 41.9 Å². The first-order chi connectivity index (χ1) is 16.0. The minimum atomic E-state index is -0.520. The number of aromatic amines is 1. The Labute approximate surface area is 192 Å². The van der Waals surface area contributed by atoms with Gasteiger partial charge in [0.2, 0.25) is 0 Å². The third-order valence-electron chi connectivity index (χ3n) is 6.35. The van der Waals surface area contributed by atoms with Gasteiger partial charge in [-0.15, -0.1) is 11.3 Å². The molecule has 5 heterocycles. The Morgan fingerprint density at radius 2 is 1.79 bits per heavy atom. The number of carbonyl (C=O) groups excluding carboxylic acids is 2. The molecule has 7 nitrogen and oxygen atoms in total. The van der Waals surface area contributed by atoms with Gasteiger partial charge in [0.15, 0.2) is 0 Å². The van der Waals surface area contributed by atoms with Gasteiger partial charge in [-0.25, -0.2) is 9.37 Å². The number of piperazine rings is 1. The molecule has 0 atom stereocenters. The van der Waals surface area contributed by atoms with Crippen LogP contribution in [0, 0.1) is 5.82 Å². The van der Waals surface area contributed by atoms with E-state index in [0.717, 1.165) is 41.8 Å². The third kappa shape index (κ3) is 3.23. The van der Waals surface area contributed by atoms with Crippen LogP contribution in [0.2, 0.25) is 0 Å². The van der Waals surface area contributed by atoms with E-state index in [1.54, 1.807) is 12.3 Å². The molecule has 33 heavy (non-hydrogen) atoms. The summed E-state index contributed by atoms with van der Waals surface area (Å²) in [4.78, 5) is 39.3. The molecule has 0 aliphatic carbocycles. The zero-order valence-corrected chi connectivity index (χ0v) is 18.6. The van der Waals surface area contributed by atoms with Crippen molar-refractivity contribution < 1.29 is 14.0 Å². The van der Waals surface area contributed by atoms with E-state index in [-0.39, 0.29) is 11.1 Å². The first kappa shape index (κ1) is 20.1. The lowest BCUT2D eigenvalue weighted by Gasteiger charge is -2.33. The van der Waals surface area contributed by atoms with Gasteiger partial charge in [0.05, 0.1) is 16.8 Å². The topological polar surface area (TPSA) is 81.3 Å². The van der Waals surface area contributed by atoms with E-state index in [2.05, 4.69) is 27.1 Å². The summed E-state index contributed by atoms with van der Waals surface area (Å²) in [5.74, 6) is -0.704. The highest BCUT2D eigenvalue weighted by Crippen LogP contribution is 2.39. The lowest BCUT2D eigenvalue weighted by molar-refractivity contribution is -0.122. The highest BCUT2D eigenvalue weighted by atomic mass is 32.1. The van der Waals surface area contributed by atoms with E-state index in [1.807, 2.05) is 17.5 Å². The highest BCUT2D eigenvalue weighted by Gasteiger charge is 2.35. The normalized spacial score (nSPS) is 17.6. The third-order valence-corrected chi connectivity index (χ3v) is 7.19. The van der Waals surface area contributed by atoms with Crippen LogP contribution >= 0.6 is 11.3 Å². The van der Waals surface area contributed by atoms with Crippen molar-refractivity contribution in [1.82, 2.24) is 20.2 Å². The number of amides is 2. The van der Waals surface area contributed by atoms with Gasteiger partial charge in [0.25, 0.3) is 11.8 Å². The van der Waals surface area contributed by atoms with Gasteiger partial charge in [-0.05, 0) is 42.1 Å². The Bertz CT molecular complexity index is 1480. The van der Waals surface area contributed by atoms with E-state index in [9.17, 15) is 14.0 Å². The highest BCUT2D eigenvalue weighted by molar-refractivity contribution is 7.16. The summed E-state index contributed by atoms with van der Waals surface area (Å²) in [5.41, 5.74) is 1.40. The Kier molecular flexibility index (Phi) is 4.56. The molecule has 0 unspecified atom stereocenters. The molecule has 3 aromatic heterocycles. The second-order valence-electron chi connectivity index (χ2n) is 8.38. The number of aromatic nitrogens is 2. The van der Waals surface area contributed by atoms with E-state index in [1.165, 1.54) is 23.5 Å². The van der Waals surface area contributed by atoms with Gasteiger partial charge in [0, 0.05) is 48.7 Å². The number of likely N-dealkylation sites (N-methyl/N-ethyl adjacent to an activating group) is 1. The van der Waals surface area contributed by atoms with Crippen molar-refractivity contribution in [3.05, 3.63) is 59.0 Å². The fourth-order valence-corrected chi connectivity index (χ4v) is 5.36. The van der Waals surface area contributed by atoms with E-state index in [0.29, 0.717) is 22.5 Å². The van der Waals surface area contributed by atoms with Crippen LogP contribution in [-0.2, 0) is 9.59 Å². The molecule has 2 aliphatic heterocycles. The van der Waals surface area contributed by atoms with Crippen LogP contribution in [0.5, 0.6) is 0 Å². The number of H-pyrrole nitrogens is 1. The Balaban J connectivity index is 1.62. The fraction of sp³-hybridized carbons (Fsp3) is 0.208. The molecule has 1 aromatic carbocycles. The van der Waals surface area contributed by atoms with Crippen molar-refractivity contribution >= 4 is 61.1 Å². The number of thiophene rings is 1.